The number of nitrogen functional groups attached to an aromatic ring is 1. The van der Waals surface area contributed by atoms with Crippen LogP contribution in [0.2, 0.25) is 0 Å². The molecule has 3 N–H and O–H groups in total. The molecular weight excluding hydrogens is 238 g/mol. The molecule has 1 fully saturated rings. The van der Waals surface area contributed by atoms with Crippen LogP contribution in [0.3, 0.4) is 0 Å². The molecule has 1 aromatic heterocycles. The smallest absolute Gasteiger partial charge is 0.142 e. The quantitative estimate of drug-likeness (QED) is 0.610. The molecule has 0 aromatic carbocycles. The van der Waals surface area contributed by atoms with Crippen LogP contribution in [0.25, 0.3) is 0 Å². The van der Waals surface area contributed by atoms with Gasteiger partial charge in [0.2, 0.25) is 0 Å². The number of piperazine rings is 1. The summed E-state index contributed by atoms with van der Waals surface area (Å²) in [6.45, 7) is 8.66. The summed E-state index contributed by atoms with van der Waals surface area (Å²) < 4.78 is 0. The Bertz CT molecular complexity index is 424. The van der Waals surface area contributed by atoms with Gasteiger partial charge in [0.15, 0.2) is 0 Å². The Kier molecular flexibility index (Phi) is 4.87. The summed E-state index contributed by atoms with van der Waals surface area (Å²) in [7, 11) is 0. The van der Waals surface area contributed by atoms with Crippen molar-refractivity contribution in [3.05, 3.63) is 29.6 Å². The lowest BCUT2D eigenvalue weighted by atomic mass is 10.1. The number of amidine groups is 1. The first-order chi connectivity index (χ1) is 9.20. The number of nitrogens with zero attached hydrogens (tertiary/aromatic N) is 3. The number of pyridine rings is 1. The van der Waals surface area contributed by atoms with Crippen molar-refractivity contribution in [1.82, 2.24) is 14.8 Å². The highest BCUT2D eigenvalue weighted by molar-refractivity contribution is 5.94. The molecular formula is C14H23N5. The second-order valence-corrected chi connectivity index (χ2v) is 5.04. The van der Waals surface area contributed by atoms with Crippen LogP contribution in [0.5, 0.6) is 0 Å². The lowest BCUT2D eigenvalue weighted by Gasteiger charge is -2.34. The van der Waals surface area contributed by atoms with E-state index in [2.05, 4.69) is 21.7 Å². The average Bonchev–Trinajstić information content (AvgIpc) is 2.42. The maximum absolute atomic E-state index is 7.57. The van der Waals surface area contributed by atoms with Crippen LogP contribution in [-0.2, 0) is 6.54 Å². The molecule has 2 heterocycles. The predicted molar refractivity (Wildman–Crippen MR) is 77.3 cm³/mol. The van der Waals surface area contributed by atoms with Crippen molar-refractivity contribution < 1.29 is 0 Å². The fourth-order valence-electron chi connectivity index (χ4n) is 2.54. The molecule has 0 aliphatic carbocycles. The second-order valence-electron chi connectivity index (χ2n) is 5.04. The fraction of sp³-hybridized carbons (Fsp3) is 0.571. The first-order valence-corrected chi connectivity index (χ1v) is 6.93. The molecule has 5 nitrogen and oxygen atoms in total. The van der Waals surface area contributed by atoms with Crippen molar-refractivity contribution >= 4 is 5.84 Å². The minimum atomic E-state index is 0.0558. The number of rotatable bonds is 5. The molecule has 0 saturated carbocycles. The van der Waals surface area contributed by atoms with E-state index >= 15 is 0 Å². The van der Waals surface area contributed by atoms with E-state index in [-0.39, 0.29) is 5.84 Å². The molecule has 1 aromatic rings. The van der Waals surface area contributed by atoms with Crippen LogP contribution in [-0.4, -0.2) is 53.3 Å². The van der Waals surface area contributed by atoms with Gasteiger partial charge in [-0.3, -0.25) is 15.3 Å². The van der Waals surface area contributed by atoms with E-state index in [1.807, 2.05) is 12.1 Å². The highest BCUT2D eigenvalue weighted by atomic mass is 15.3. The Hall–Kier alpha value is -1.46. The van der Waals surface area contributed by atoms with Gasteiger partial charge in [-0.05, 0) is 24.6 Å². The normalized spacial score (nSPS) is 17.5. The van der Waals surface area contributed by atoms with Crippen LogP contribution in [0.15, 0.2) is 18.3 Å². The standard InChI is InChI=1S/C14H23N5/c1-2-6-18-7-9-19(10-8-18)11-12-4-3-5-17-13(12)14(15)16/h3-5H,2,6-11H2,1H3,(H3,15,16). The molecule has 1 saturated heterocycles. The van der Waals surface area contributed by atoms with Crippen LogP contribution >= 0.6 is 0 Å². The van der Waals surface area contributed by atoms with Crippen LogP contribution < -0.4 is 5.73 Å². The molecule has 0 unspecified atom stereocenters. The van der Waals surface area contributed by atoms with Crippen molar-refractivity contribution in [2.75, 3.05) is 32.7 Å². The van der Waals surface area contributed by atoms with Crippen LogP contribution in [0, 0.1) is 5.41 Å². The largest absolute Gasteiger partial charge is 0.382 e. The molecule has 0 radical (unpaired) electrons. The molecule has 0 amide bonds. The molecule has 1 aliphatic heterocycles. The van der Waals surface area contributed by atoms with Crippen molar-refractivity contribution in [2.45, 2.75) is 19.9 Å². The monoisotopic (exact) mass is 261 g/mol. The number of nitrogens with one attached hydrogen (secondary N) is 1. The topological polar surface area (TPSA) is 69.2 Å². The number of hydrogen-bond donors (Lipinski definition) is 2. The summed E-state index contributed by atoms with van der Waals surface area (Å²) in [5.74, 6) is 0.0558. The van der Waals surface area contributed by atoms with E-state index in [0.717, 1.165) is 38.3 Å². The van der Waals surface area contributed by atoms with Crippen molar-refractivity contribution in [3.8, 4) is 0 Å². The summed E-state index contributed by atoms with van der Waals surface area (Å²) in [5, 5.41) is 7.57. The van der Waals surface area contributed by atoms with Gasteiger partial charge in [0.05, 0.1) is 0 Å². The third-order valence-electron chi connectivity index (χ3n) is 3.55. The van der Waals surface area contributed by atoms with Gasteiger partial charge in [0.1, 0.15) is 11.5 Å². The van der Waals surface area contributed by atoms with Gasteiger partial charge in [0.25, 0.3) is 0 Å². The summed E-state index contributed by atoms with van der Waals surface area (Å²) in [5.41, 5.74) is 7.25. The SMILES string of the molecule is CCCN1CCN(Cc2cccnc2C(=N)N)CC1. The maximum atomic E-state index is 7.57. The second kappa shape index (κ2) is 6.63. The number of hydrogen-bond acceptors (Lipinski definition) is 4. The van der Waals surface area contributed by atoms with Gasteiger partial charge in [-0.25, -0.2) is 0 Å². The van der Waals surface area contributed by atoms with Crippen molar-refractivity contribution in [2.24, 2.45) is 5.73 Å². The van der Waals surface area contributed by atoms with Gasteiger partial charge in [-0.2, -0.15) is 0 Å². The first kappa shape index (κ1) is 14.0. The number of aromatic nitrogens is 1. The predicted octanol–water partition coefficient (Wildman–Crippen LogP) is 0.893. The van der Waals surface area contributed by atoms with Gasteiger partial charge in [0, 0.05) is 38.9 Å². The molecule has 0 spiro atoms. The lowest BCUT2D eigenvalue weighted by molar-refractivity contribution is 0.127. The molecule has 2 rings (SSSR count). The lowest BCUT2D eigenvalue weighted by Crippen LogP contribution is -2.46. The van der Waals surface area contributed by atoms with Gasteiger partial charge in [-0.15, -0.1) is 0 Å². The fourth-order valence-corrected chi connectivity index (χ4v) is 2.54. The minimum absolute atomic E-state index is 0.0558. The minimum Gasteiger partial charge on any atom is -0.382 e. The third-order valence-corrected chi connectivity index (χ3v) is 3.55. The zero-order valence-electron chi connectivity index (χ0n) is 11.6. The highest BCUT2D eigenvalue weighted by Gasteiger charge is 2.17. The highest BCUT2D eigenvalue weighted by Crippen LogP contribution is 2.11. The molecule has 104 valence electrons. The Morgan fingerprint density at radius 3 is 2.63 bits per heavy atom. The van der Waals surface area contributed by atoms with Gasteiger partial charge in [-0.1, -0.05) is 13.0 Å². The molecule has 1 aliphatic rings. The Morgan fingerprint density at radius 1 is 1.32 bits per heavy atom. The Labute approximate surface area is 114 Å². The Balaban J connectivity index is 1.94. The first-order valence-electron chi connectivity index (χ1n) is 6.93. The van der Waals surface area contributed by atoms with E-state index < -0.39 is 0 Å². The summed E-state index contributed by atoms with van der Waals surface area (Å²) >= 11 is 0. The zero-order chi connectivity index (χ0) is 13.7. The third kappa shape index (κ3) is 3.75. The summed E-state index contributed by atoms with van der Waals surface area (Å²) in [6, 6.07) is 3.93. The zero-order valence-corrected chi connectivity index (χ0v) is 11.6. The molecule has 0 bridgehead atoms. The average molecular weight is 261 g/mol. The van der Waals surface area contributed by atoms with Crippen LogP contribution in [0.1, 0.15) is 24.6 Å². The van der Waals surface area contributed by atoms with Crippen LogP contribution in [0.4, 0.5) is 0 Å². The van der Waals surface area contributed by atoms with Crippen molar-refractivity contribution in [3.63, 3.8) is 0 Å². The molecule has 0 atom stereocenters. The van der Waals surface area contributed by atoms with E-state index in [0.29, 0.717) is 5.69 Å². The van der Waals surface area contributed by atoms with E-state index in [1.54, 1.807) is 6.20 Å². The maximum Gasteiger partial charge on any atom is 0.142 e. The van der Waals surface area contributed by atoms with E-state index in [1.165, 1.54) is 13.0 Å². The number of nitrogens with two attached hydrogens (primary N) is 1. The van der Waals surface area contributed by atoms with Gasteiger partial charge >= 0.3 is 0 Å². The molecule has 5 heteroatoms. The molecule has 19 heavy (non-hydrogen) atoms. The van der Waals surface area contributed by atoms with E-state index in [4.69, 9.17) is 11.1 Å². The van der Waals surface area contributed by atoms with E-state index in [9.17, 15) is 0 Å². The van der Waals surface area contributed by atoms with Gasteiger partial charge < -0.3 is 10.6 Å². The summed E-state index contributed by atoms with van der Waals surface area (Å²) in [6.07, 6.45) is 2.91. The summed E-state index contributed by atoms with van der Waals surface area (Å²) in [4.78, 5) is 9.12. The Morgan fingerprint density at radius 2 is 2.00 bits per heavy atom. The van der Waals surface area contributed by atoms with Crippen molar-refractivity contribution in [1.29, 1.82) is 5.41 Å².